The molecule has 6 N–H and O–H groups in total. The molecule has 0 aromatic heterocycles. The van der Waals surface area contributed by atoms with E-state index < -0.39 is 5.91 Å². The SMILES string of the molecule is NC(=O)c1cc(N)ccc1N(CCO)CCO. The molecule has 17 heavy (non-hydrogen) atoms. The Morgan fingerprint density at radius 1 is 1.24 bits per heavy atom. The summed E-state index contributed by atoms with van der Waals surface area (Å²) in [6.45, 7) is 0.459. The van der Waals surface area contributed by atoms with Crippen molar-refractivity contribution in [1.82, 2.24) is 0 Å². The van der Waals surface area contributed by atoms with Crippen molar-refractivity contribution in [2.24, 2.45) is 5.73 Å². The van der Waals surface area contributed by atoms with E-state index in [4.69, 9.17) is 21.7 Å². The molecular formula is C11H17N3O3. The van der Waals surface area contributed by atoms with Crippen LogP contribution >= 0.6 is 0 Å². The highest BCUT2D eigenvalue weighted by atomic mass is 16.3. The van der Waals surface area contributed by atoms with Crippen LogP contribution in [-0.4, -0.2) is 42.4 Å². The quantitative estimate of drug-likeness (QED) is 0.483. The van der Waals surface area contributed by atoms with Crippen LogP contribution in [-0.2, 0) is 0 Å². The first-order chi connectivity index (χ1) is 8.10. The summed E-state index contributed by atoms with van der Waals surface area (Å²) in [7, 11) is 0. The number of rotatable bonds is 6. The second kappa shape index (κ2) is 6.07. The van der Waals surface area contributed by atoms with Crippen LogP contribution in [0.1, 0.15) is 10.4 Å². The number of aliphatic hydroxyl groups is 2. The van der Waals surface area contributed by atoms with Crippen LogP contribution in [0.3, 0.4) is 0 Å². The zero-order valence-corrected chi connectivity index (χ0v) is 9.47. The van der Waals surface area contributed by atoms with E-state index in [1.54, 1.807) is 17.0 Å². The molecule has 0 aliphatic rings. The molecule has 6 heteroatoms. The van der Waals surface area contributed by atoms with E-state index in [2.05, 4.69) is 0 Å². The average molecular weight is 239 g/mol. The lowest BCUT2D eigenvalue weighted by atomic mass is 10.1. The van der Waals surface area contributed by atoms with Crippen molar-refractivity contribution < 1.29 is 15.0 Å². The average Bonchev–Trinajstić information content (AvgIpc) is 2.28. The molecule has 94 valence electrons. The van der Waals surface area contributed by atoms with Crippen LogP contribution in [0.25, 0.3) is 0 Å². The molecule has 0 atom stereocenters. The highest BCUT2D eigenvalue weighted by Crippen LogP contribution is 2.22. The molecule has 6 nitrogen and oxygen atoms in total. The minimum Gasteiger partial charge on any atom is -0.399 e. The second-order valence-electron chi connectivity index (χ2n) is 3.58. The summed E-state index contributed by atoms with van der Waals surface area (Å²) < 4.78 is 0. The van der Waals surface area contributed by atoms with Gasteiger partial charge in [0.05, 0.1) is 18.8 Å². The van der Waals surface area contributed by atoms with Gasteiger partial charge >= 0.3 is 0 Å². The van der Waals surface area contributed by atoms with Crippen molar-refractivity contribution in [3.05, 3.63) is 23.8 Å². The van der Waals surface area contributed by atoms with Gasteiger partial charge < -0.3 is 26.6 Å². The van der Waals surface area contributed by atoms with Crippen LogP contribution in [0.15, 0.2) is 18.2 Å². The Labute approximate surface area is 99.4 Å². The number of nitrogens with zero attached hydrogens (tertiary/aromatic N) is 1. The standard InChI is InChI=1S/C11H17N3O3/c12-8-1-2-10(9(7-8)11(13)17)14(3-5-15)4-6-16/h1-2,7,15-16H,3-6,12H2,(H2,13,17). The number of anilines is 2. The Morgan fingerprint density at radius 2 is 1.82 bits per heavy atom. The topological polar surface area (TPSA) is 113 Å². The van der Waals surface area contributed by atoms with Gasteiger partial charge in [0.25, 0.3) is 5.91 Å². The molecule has 0 aliphatic heterocycles. The molecule has 0 aliphatic carbocycles. The number of hydrogen-bond donors (Lipinski definition) is 4. The van der Waals surface area contributed by atoms with E-state index in [0.29, 0.717) is 24.5 Å². The third-order valence-electron chi connectivity index (χ3n) is 2.37. The zero-order chi connectivity index (χ0) is 12.8. The van der Waals surface area contributed by atoms with Crippen LogP contribution in [0.4, 0.5) is 11.4 Å². The summed E-state index contributed by atoms with van der Waals surface area (Å²) in [6.07, 6.45) is 0. The Morgan fingerprint density at radius 3 is 2.29 bits per heavy atom. The number of carbonyl (C=O) groups is 1. The summed E-state index contributed by atoms with van der Waals surface area (Å²) in [6, 6.07) is 4.78. The molecule has 1 amide bonds. The van der Waals surface area contributed by atoms with Crippen LogP contribution in [0.5, 0.6) is 0 Å². The highest BCUT2D eigenvalue weighted by molar-refractivity contribution is 5.99. The van der Waals surface area contributed by atoms with Crippen molar-refractivity contribution in [1.29, 1.82) is 0 Å². The molecule has 0 spiro atoms. The molecule has 1 aromatic carbocycles. The van der Waals surface area contributed by atoms with Crippen molar-refractivity contribution in [2.75, 3.05) is 36.9 Å². The number of nitrogens with two attached hydrogens (primary N) is 2. The molecule has 0 saturated heterocycles. The van der Waals surface area contributed by atoms with Gasteiger partial charge in [0.1, 0.15) is 0 Å². The van der Waals surface area contributed by atoms with Gasteiger partial charge in [0.15, 0.2) is 0 Å². The number of carbonyl (C=O) groups excluding carboxylic acids is 1. The van der Waals surface area contributed by atoms with Gasteiger partial charge in [0, 0.05) is 24.5 Å². The molecule has 1 rings (SSSR count). The second-order valence-corrected chi connectivity index (χ2v) is 3.58. The van der Waals surface area contributed by atoms with E-state index in [-0.39, 0.29) is 18.8 Å². The van der Waals surface area contributed by atoms with Gasteiger partial charge in [-0.15, -0.1) is 0 Å². The number of primary amides is 1. The Bertz CT molecular complexity index is 390. The Hall–Kier alpha value is -1.79. The van der Waals surface area contributed by atoms with Crippen molar-refractivity contribution in [2.45, 2.75) is 0 Å². The van der Waals surface area contributed by atoms with Gasteiger partial charge in [-0.1, -0.05) is 0 Å². The molecule has 0 unspecified atom stereocenters. The first kappa shape index (κ1) is 13.3. The van der Waals surface area contributed by atoms with Crippen molar-refractivity contribution in [3.8, 4) is 0 Å². The summed E-state index contributed by atoms with van der Waals surface area (Å²) in [5, 5.41) is 17.9. The lowest BCUT2D eigenvalue weighted by Gasteiger charge is -2.25. The van der Waals surface area contributed by atoms with Crippen LogP contribution < -0.4 is 16.4 Å². The van der Waals surface area contributed by atoms with E-state index in [1.807, 2.05) is 0 Å². The number of hydrogen-bond acceptors (Lipinski definition) is 5. The predicted molar refractivity (Wildman–Crippen MR) is 65.8 cm³/mol. The summed E-state index contributed by atoms with van der Waals surface area (Å²) >= 11 is 0. The zero-order valence-electron chi connectivity index (χ0n) is 9.47. The number of amides is 1. The normalized spacial score (nSPS) is 10.2. The first-order valence-electron chi connectivity index (χ1n) is 5.26. The monoisotopic (exact) mass is 239 g/mol. The molecule has 0 fully saturated rings. The number of nitrogen functional groups attached to an aromatic ring is 1. The van der Waals surface area contributed by atoms with E-state index in [0.717, 1.165) is 0 Å². The number of aliphatic hydroxyl groups excluding tert-OH is 2. The maximum absolute atomic E-state index is 11.3. The fourth-order valence-electron chi connectivity index (χ4n) is 1.62. The molecular weight excluding hydrogens is 222 g/mol. The fourth-order valence-corrected chi connectivity index (χ4v) is 1.62. The third-order valence-corrected chi connectivity index (χ3v) is 2.37. The van der Waals surface area contributed by atoms with E-state index in [1.165, 1.54) is 6.07 Å². The Kier molecular flexibility index (Phi) is 4.74. The smallest absolute Gasteiger partial charge is 0.250 e. The van der Waals surface area contributed by atoms with Gasteiger partial charge in [-0.05, 0) is 18.2 Å². The molecule has 0 saturated carbocycles. The largest absolute Gasteiger partial charge is 0.399 e. The Balaban J connectivity index is 3.12. The maximum atomic E-state index is 11.3. The highest BCUT2D eigenvalue weighted by Gasteiger charge is 2.14. The van der Waals surface area contributed by atoms with E-state index in [9.17, 15) is 4.79 Å². The summed E-state index contributed by atoms with van der Waals surface area (Å²) in [5.41, 5.74) is 12.1. The van der Waals surface area contributed by atoms with Gasteiger partial charge in [-0.3, -0.25) is 4.79 Å². The van der Waals surface area contributed by atoms with Crippen molar-refractivity contribution >= 4 is 17.3 Å². The predicted octanol–water partition coefficient (Wildman–Crippen LogP) is -0.841. The number of benzene rings is 1. The van der Waals surface area contributed by atoms with E-state index >= 15 is 0 Å². The lowest BCUT2D eigenvalue weighted by Crippen LogP contribution is -2.31. The minimum atomic E-state index is -0.590. The van der Waals surface area contributed by atoms with Crippen LogP contribution in [0.2, 0.25) is 0 Å². The molecule has 0 radical (unpaired) electrons. The third kappa shape index (κ3) is 3.33. The minimum absolute atomic E-state index is 0.0808. The summed E-state index contributed by atoms with van der Waals surface area (Å²) in [5.74, 6) is -0.590. The lowest BCUT2D eigenvalue weighted by molar-refractivity contribution is 0.100. The summed E-state index contributed by atoms with van der Waals surface area (Å²) in [4.78, 5) is 13.0. The van der Waals surface area contributed by atoms with Gasteiger partial charge in [0.2, 0.25) is 0 Å². The molecule has 0 bridgehead atoms. The molecule has 1 aromatic rings. The van der Waals surface area contributed by atoms with Crippen molar-refractivity contribution in [3.63, 3.8) is 0 Å². The van der Waals surface area contributed by atoms with Gasteiger partial charge in [-0.2, -0.15) is 0 Å². The van der Waals surface area contributed by atoms with Gasteiger partial charge in [-0.25, -0.2) is 0 Å². The van der Waals surface area contributed by atoms with Crippen LogP contribution in [0, 0.1) is 0 Å². The fraction of sp³-hybridized carbons (Fsp3) is 0.364. The molecule has 0 heterocycles. The first-order valence-corrected chi connectivity index (χ1v) is 5.26. The maximum Gasteiger partial charge on any atom is 0.250 e.